The highest BCUT2D eigenvalue weighted by Gasteiger charge is 2.33. The van der Waals surface area contributed by atoms with Crippen molar-refractivity contribution in [3.8, 4) is 11.1 Å². The summed E-state index contributed by atoms with van der Waals surface area (Å²) in [5.74, 6) is -0.190. The third kappa shape index (κ3) is 3.29. The number of carbonyl (C=O) groups is 1. The third-order valence-electron chi connectivity index (χ3n) is 5.27. The fourth-order valence-electron chi connectivity index (χ4n) is 3.71. The van der Waals surface area contributed by atoms with Gasteiger partial charge in [0.1, 0.15) is 0 Å². The van der Waals surface area contributed by atoms with Crippen LogP contribution in [0, 0.1) is 13.8 Å². The molecule has 0 bridgehead atoms. The average Bonchev–Trinajstić information content (AvgIpc) is 2.71. The minimum absolute atomic E-state index is 0.190. The van der Waals surface area contributed by atoms with Crippen LogP contribution in [0.3, 0.4) is 0 Å². The zero-order valence-electron chi connectivity index (χ0n) is 16.6. The fourth-order valence-corrected chi connectivity index (χ4v) is 5.19. The number of aryl methyl sites for hydroxylation is 2. The third-order valence-corrected chi connectivity index (χ3v) is 7.08. The Bertz CT molecular complexity index is 1220. The molecule has 0 saturated carbocycles. The monoisotopic (exact) mass is 406 g/mol. The smallest absolute Gasteiger partial charge is 0.264 e. The van der Waals surface area contributed by atoms with Gasteiger partial charge in [-0.1, -0.05) is 48.0 Å². The number of fused-ring (bicyclic) bond motifs is 3. The summed E-state index contributed by atoms with van der Waals surface area (Å²) in [4.78, 5) is 13.1. The zero-order chi connectivity index (χ0) is 20.8. The number of nitrogens with zero attached hydrogens (tertiary/aromatic N) is 1. The summed E-state index contributed by atoms with van der Waals surface area (Å²) in [6.45, 7) is 4.28. The van der Waals surface area contributed by atoms with Gasteiger partial charge in [0.2, 0.25) is 0 Å². The highest BCUT2D eigenvalue weighted by Crippen LogP contribution is 2.44. The van der Waals surface area contributed by atoms with Gasteiger partial charge >= 0.3 is 0 Å². The van der Waals surface area contributed by atoms with Crippen molar-refractivity contribution in [2.24, 2.45) is 0 Å². The predicted octanol–water partition coefficient (Wildman–Crippen LogP) is 4.04. The standard InChI is InChI=1S/C23H22N2O3S/c1-15-8-10-17(11-9-15)14-24-23(26)18-12-16(2)22-20(13-18)19-6-4-5-7-21(19)29(27,28)25(22)3/h4-13H,14H2,1-3H3,(H,24,26). The first-order chi connectivity index (χ1) is 13.8. The van der Waals surface area contributed by atoms with E-state index in [0.717, 1.165) is 16.7 Å². The maximum atomic E-state index is 12.9. The van der Waals surface area contributed by atoms with Crippen molar-refractivity contribution in [3.05, 3.63) is 82.9 Å². The first kappa shape index (κ1) is 19.2. The highest BCUT2D eigenvalue weighted by atomic mass is 32.2. The largest absolute Gasteiger partial charge is 0.348 e. The van der Waals surface area contributed by atoms with Crippen LogP contribution in [-0.2, 0) is 16.6 Å². The number of rotatable bonds is 3. The number of nitrogens with one attached hydrogen (secondary N) is 1. The van der Waals surface area contributed by atoms with Gasteiger partial charge in [-0.3, -0.25) is 9.10 Å². The Kier molecular flexibility index (Phi) is 4.67. The molecule has 1 aliphatic heterocycles. The van der Waals surface area contributed by atoms with Gasteiger partial charge in [-0.2, -0.15) is 0 Å². The molecule has 1 N–H and O–H groups in total. The maximum absolute atomic E-state index is 12.9. The van der Waals surface area contributed by atoms with Crippen LogP contribution in [0.15, 0.2) is 65.6 Å². The SMILES string of the molecule is Cc1ccc(CNC(=O)c2cc(C)c3c(c2)-c2ccccc2S(=O)(=O)N3C)cc1. The molecule has 0 atom stereocenters. The van der Waals surface area contributed by atoms with E-state index < -0.39 is 10.0 Å². The van der Waals surface area contributed by atoms with Crippen LogP contribution in [0.1, 0.15) is 27.0 Å². The Morgan fingerprint density at radius 2 is 1.66 bits per heavy atom. The minimum atomic E-state index is -3.61. The molecule has 5 nitrogen and oxygen atoms in total. The van der Waals surface area contributed by atoms with Crippen LogP contribution in [-0.4, -0.2) is 21.4 Å². The summed E-state index contributed by atoms with van der Waals surface area (Å²) in [7, 11) is -2.06. The van der Waals surface area contributed by atoms with Gasteiger partial charge in [-0.05, 0) is 43.2 Å². The molecule has 0 fully saturated rings. The van der Waals surface area contributed by atoms with E-state index in [0.29, 0.717) is 23.4 Å². The van der Waals surface area contributed by atoms with Crippen molar-refractivity contribution in [1.29, 1.82) is 0 Å². The fraction of sp³-hybridized carbons (Fsp3) is 0.174. The summed E-state index contributed by atoms with van der Waals surface area (Å²) in [5, 5.41) is 2.95. The summed E-state index contributed by atoms with van der Waals surface area (Å²) in [6.07, 6.45) is 0. The van der Waals surface area contributed by atoms with Crippen molar-refractivity contribution in [3.63, 3.8) is 0 Å². The van der Waals surface area contributed by atoms with E-state index in [4.69, 9.17) is 0 Å². The van der Waals surface area contributed by atoms with Crippen LogP contribution >= 0.6 is 0 Å². The van der Waals surface area contributed by atoms with Gasteiger partial charge < -0.3 is 5.32 Å². The van der Waals surface area contributed by atoms with Gasteiger partial charge in [-0.15, -0.1) is 0 Å². The molecule has 0 unspecified atom stereocenters. The quantitative estimate of drug-likeness (QED) is 0.714. The second kappa shape index (κ2) is 7.04. The zero-order valence-corrected chi connectivity index (χ0v) is 17.4. The molecule has 29 heavy (non-hydrogen) atoms. The topological polar surface area (TPSA) is 66.5 Å². The Balaban J connectivity index is 1.71. The summed E-state index contributed by atoms with van der Waals surface area (Å²) in [6, 6.07) is 18.4. The lowest BCUT2D eigenvalue weighted by Gasteiger charge is -2.31. The van der Waals surface area contributed by atoms with Crippen LogP contribution in [0.25, 0.3) is 11.1 Å². The molecule has 0 radical (unpaired) electrons. The van der Waals surface area contributed by atoms with Gasteiger partial charge in [0.15, 0.2) is 0 Å². The van der Waals surface area contributed by atoms with E-state index in [1.54, 1.807) is 37.4 Å². The number of sulfonamides is 1. The molecule has 1 amide bonds. The first-order valence-electron chi connectivity index (χ1n) is 9.36. The van der Waals surface area contributed by atoms with Crippen LogP contribution in [0.5, 0.6) is 0 Å². The number of hydrogen-bond acceptors (Lipinski definition) is 3. The van der Waals surface area contributed by atoms with Crippen molar-refractivity contribution in [2.45, 2.75) is 25.3 Å². The lowest BCUT2D eigenvalue weighted by molar-refractivity contribution is 0.0951. The van der Waals surface area contributed by atoms with E-state index in [9.17, 15) is 13.2 Å². The lowest BCUT2D eigenvalue weighted by atomic mass is 9.96. The molecule has 1 heterocycles. The molecule has 0 aliphatic carbocycles. The van der Waals surface area contributed by atoms with Crippen LogP contribution in [0.4, 0.5) is 5.69 Å². The number of benzene rings is 3. The second-order valence-corrected chi connectivity index (χ2v) is 9.26. The van der Waals surface area contributed by atoms with Crippen molar-refractivity contribution < 1.29 is 13.2 Å². The predicted molar refractivity (Wildman–Crippen MR) is 115 cm³/mol. The molecule has 3 aromatic rings. The molecule has 4 rings (SSSR count). The van der Waals surface area contributed by atoms with Gasteiger partial charge in [-0.25, -0.2) is 8.42 Å². The molecule has 148 valence electrons. The number of hydrogen-bond donors (Lipinski definition) is 1. The summed E-state index contributed by atoms with van der Waals surface area (Å²) < 4.78 is 27.0. The molecule has 0 spiro atoms. The Morgan fingerprint density at radius 3 is 2.38 bits per heavy atom. The lowest BCUT2D eigenvalue weighted by Crippen LogP contribution is -2.31. The van der Waals surface area contributed by atoms with Gasteiger partial charge in [0.25, 0.3) is 15.9 Å². The van der Waals surface area contributed by atoms with E-state index in [1.165, 1.54) is 9.87 Å². The Labute approximate surface area is 171 Å². The normalized spacial score (nSPS) is 14.1. The highest BCUT2D eigenvalue weighted by molar-refractivity contribution is 7.93. The Hall–Kier alpha value is -3.12. The van der Waals surface area contributed by atoms with E-state index in [-0.39, 0.29) is 10.8 Å². The number of carbonyl (C=O) groups excluding carboxylic acids is 1. The van der Waals surface area contributed by atoms with Crippen molar-refractivity contribution in [2.75, 3.05) is 11.4 Å². The number of anilines is 1. The molecule has 1 aliphatic rings. The molecule has 3 aromatic carbocycles. The van der Waals surface area contributed by atoms with E-state index in [1.807, 2.05) is 44.2 Å². The molecule has 6 heteroatoms. The molecular formula is C23H22N2O3S. The summed E-state index contributed by atoms with van der Waals surface area (Å²) in [5.41, 5.74) is 5.42. The second-order valence-electron chi connectivity index (χ2n) is 7.33. The van der Waals surface area contributed by atoms with Crippen LogP contribution in [0.2, 0.25) is 0 Å². The van der Waals surface area contributed by atoms with Crippen molar-refractivity contribution >= 4 is 21.6 Å². The van der Waals surface area contributed by atoms with E-state index >= 15 is 0 Å². The summed E-state index contributed by atoms with van der Waals surface area (Å²) >= 11 is 0. The van der Waals surface area contributed by atoms with E-state index in [2.05, 4.69) is 5.32 Å². The van der Waals surface area contributed by atoms with Gasteiger partial charge in [0.05, 0.1) is 10.6 Å². The molecule has 0 aromatic heterocycles. The van der Waals surface area contributed by atoms with Crippen molar-refractivity contribution in [1.82, 2.24) is 5.32 Å². The molecule has 0 saturated heterocycles. The minimum Gasteiger partial charge on any atom is -0.348 e. The van der Waals surface area contributed by atoms with Crippen LogP contribution < -0.4 is 9.62 Å². The van der Waals surface area contributed by atoms with Gasteiger partial charge in [0, 0.05) is 30.3 Å². The molecular weight excluding hydrogens is 384 g/mol. The maximum Gasteiger partial charge on any atom is 0.264 e. The first-order valence-corrected chi connectivity index (χ1v) is 10.8. The average molecular weight is 407 g/mol. The number of amides is 1. The Morgan fingerprint density at radius 1 is 0.966 bits per heavy atom.